The van der Waals surface area contributed by atoms with Crippen molar-refractivity contribution < 1.29 is 14.3 Å². The number of rotatable bonds is 5. The smallest absolute Gasteiger partial charge is 0.264 e. The molecule has 6 nitrogen and oxygen atoms in total. The van der Waals surface area contributed by atoms with Crippen LogP contribution < -0.4 is 9.64 Å². The minimum atomic E-state index is -0.0922. The molecule has 2 aromatic rings. The van der Waals surface area contributed by atoms with Gasteiger partial charge in [0, 0.05) is 33.0 Å². The molecule has 0 saturated heterocycles. The molecule has 25 heavy (non-hydrogen) atoms. The first-order valence-corrected chi connectivity index (χ1v) is 8.20. The second-order valence-electron chi connectivity index (χ2n) is 6.14. The first-order chi connectivity index (χ1) is 12.0. The van der Waals surface area contributed by atoms with Crippen molar-refractivity contribution in [2.24, 2.45) is 0 Å². The molecule has 130 valence electrons. The molecule has 1 aliphatic rings. The monoisotopic (exact) mass is 339 g/mol. The molecule has 6 heteroatoms. The minimum absolute atomic E-state index is 0.0414. The van der Waals surface area contributed by atoms with E-state index in [0.717, 1.165) is 17.5 Å². The molecule has 2 amide bonds. The zero-order valence-electron chi connectivity index (χ0n) is 14.4. The zero-order valence-corrected chi connectivity index (χ0v) is 14.4. The SMILES string of the molecule is CN(CCc1ccncc1)C(=O)Cc1ccc2c(c1)N(C)C(=O)CO2. The van der Waals surface area contributed by atoms with E-state index in [9.17, 15) is 9.59 Å². The molecule has 0 saturated carbocycles. The highest BCUT2D eigenvalue weighted by Gasteiger charge is 2.22. The summed E-state index contributed by atoms with van der Waals surface area (Å²) in [6.45, 7) is 0.703. The molecule has 0 atom stereocenters. The Bertz CT molecular complexity index is 777. The Morgan fingerprint density at radius 1 is 1.24 bits per heavy atom. The number of nitrogens with zero attached hydrogens (tertiary/aromatic N) is 3. The van der Waals surface area contributed by atoms with E-state index in [-0.39, 0.29) is 18.4 Å². The predicted molar refractivity (Wildman–Crippen MR) is 94.6 cm³/mol. The van der Waals surface area contributed by atoms with Crippen LogP contribution >= 0.6 is 0 Å². The molecule has 1 aromatic heterocycles. The maximum absolute atomic E-state index is 12.4. The van der Waals surface area contributed by atoms with Crippen LogP contribution in [0.15, 0.2) is 42.7 Å². The molecule has 0 unspecified atom stereocenters. The topological polar surface area (TPSA) is 62.7 Å². The van der Waals surface area contributed by atoms with Gasteiger partial charge in [-0.2, -0.15) is 0 Å². The van der Waals surface area contributed by atoms with Gasteiger partial charge in [0.15, 0.2) is 6.61 Å². The van der Waals surface area contributed by atoms with E-state index in [1.54, 1.807) is 36.3 Å². The van der Waals surface area contributed by atoms with Crippen LogP contribution in [-0.4, -0.2) is 48.9 Å². The van der Waals surface area contributed by atoms with Crippen molar-refractivity contribution in [2.75, 3.05) is 32.1 Å². The Hall–Kier alpha value is -2.89. The van der Waals surface area contributed by atoms with Crippen molar-refractivity contribution in [2.45, 2.75) is 12.8 Å². The van der Waals surface area contributed by atoms with Crippen LogP contribution in [0.25, 0.3) is 0 Å². The second-order valence-corrected chi connectivity index (χ2v) is 6.14. The van der Waals surface area contributed by atoms with E-state index < -0.39 is 0 Å². The summed E-state index contributed by atoms with van der Waals surface area (Å²) in [4.78, 5) is 31.5. The summed E-state index contributed by atoms with van der Waals surface area (Å²) in [5.41, 5.74) is 2.73. The Morgan fingerprint density at radius 3 is 2.76 bits per heavy atom. The number of likely N-dealkylation sites (N-methyl/N-ethyl adjacent to an activating group) is 2. The van der Waals surface area contributed by atoms with Crippen LogP contribution in [0, 0.1) is 0 Å². The third-order valence-corrected chi connectivity index (χ3v) is 4.38. The first kappa shape index (κ1) is 17.0. The number of carbonyl (C=O) groups is 2. The van der Waals surface area contributed by atoms with E-state index >= 15 is 0 Å². The van der Waals surface area contributed by atoms with Crippen LogP contribution in [0.3, 0.4) is 0 Å². The lowest BCUT2D eigenvalue weighted by Crippen LogP contribution is -2.35. The average Bonchev–Trinajstić information content (AvgIpc) is 2.64. The van der Waals surface area contributed by atoms with Crippen molar-refractivity contribution in [1.82, 2.24) is 9.88 Å². The molecule has 0 N–H and O–H groups in total. The molecule has 1 aromatic carbocycles. The van der Waals surface area contributed by atoms with E-state index in [0.29, 0.717) is 24.4 Å². The lowest BCUT2D eigenvalue weighted by molar-refractivity contribution is -0.129. The standard InChI is InChI=1S/C19H21N3O3/c1-21(10-7-14-5-8-20-9-6-14)18(23)12-15-3-4-17-16(11-15)22(2)19(24)13-25-17/h3-6,8-9,11H,7,10,12-13H2,1-2H3. The number of pyridine rings is 1. The average molecular weight is 339 g/mol. The molecule has 2 heterocycles. The summed E-state index contributed by atoms with van der Waals surface area (Å²) in [6.07, 6.45) is 4.59. The van der Waals surface area contributed by atoms with Gasteiger partial charge >= 0.3 is 0 Å². The summed E-state index contributed by atoms with van der Waals surface area (Å²) in [5, 5.41) is 0. The Balaban J connectivity index is 1.62. The van der Waals surface area contributed by atoms with Crippen LogP contribution in [-0.2, 0) is 22.4 Å². The summed E-state index contributed by atoms with van der Waals surface area (Å²) in [7, 11) is 3.52. The van der Waals surface area contributed by atoms with Gasteiger partial charge in [-0.1, -0.05) is 6.07 Å². The van der Waals surface area contributed by atoms with Crippen molar-refractivity contribution in [3.8, 4) is 5.75 Å². The fourth-order valence-electron chi connectivity index (χ4n) is 2.71. The van der Waals surface area contributed by atoms with E-state index in [2.05, 4.69) is 4.98 Å². The lowest BCUT2D eigenvalue weighted by atomic mass is 10.1. The molecule has 0 bridgehead atoms. The first-order valence-electron chi connectivity index (χ1n) is 8.20. The van der Waals surface area contributed by atoms with Crippen molar-refractivity contribution >= 4 is 17.5 Å². The van der Waals surface area contributed by atoms with Crippen LogP contribution in [0.2, 0.25) is 0 Å². The third kappa shape index (κ3) is 3.96. The molecule has 0 spiro atoms. The summed E-state index contributed by atoms with van der Waals surface area (Å²) < 4.78 is 5.41. The fraction of sp³-hybridized carbons (Fsp3) is 0.316. The van der Waals surface area contributed by atoms with Gasteiger partial charge < -0.3 is 14.5 Å². The molecule has 0 fully saturated rings. The zero-order chi connectivity index (χ0) is 17.8. The highest BCUT2D eigenvalue weighted by molar-refractivity contribution is 5.97. The number of anilines is 1. The predicted octanol–water partition coefficient (Wildman–Crippen LogP) is 1.68. The highest BCUT2D eigenvalue weighted by atomic mass is 16.5. The molecule has 0 radical (unpaired) electrons. The van der Waals surface area contributed by atoms with Crippen molar-refractivity contribution in [3.05, 3.63) is 53.9 Å². The van der Waals surface area contributed by atoms with Gasteiger partial charge in [0.05, 0.1) is 12.1 Å². The largest absolute Gasteiger partial charge is 0.482 e. The Morgan fingerprint density at radius 2 is 2.00 bits per heavy atom. The van der Waals surface area contributed by atoms with Gasteiger partial charge in [-0.25, -0.2) is 0 Å². The fourth-order valence-corrected chi connectivity index (χ4v) is 2.71. The number of carbonyl (C=O) groups excluding carboxylic acids is 2. The Kier molecular flexibility index (Phi) is 4.97. The van der Waals surface area contributed by atoms with Crippen molar-refractivity contribution in [1.29, 1.82) is 0 Å². The maximum Gasteiger partial charge on any atom is 0.264 e. The normalized spacial score (nSPS) is 13.2. The van der Waals surface area contributed by atoms with Gasteiger partial charge in [-0.15, -0.1) is 0 Å². The molecule has 0 aliphatic carbocycles. The lowest BCUT2D eigenvalue weighted by Gasteiger charge is -2.26. The van der Waals surface area contributed by atoms with E-state index in [1.807, 2.05) is 30.3 Å². The number of benzene rings is 1. The van der Waals surface area contributed by atoms with Gasteiger partial charge in [0.2, 0.25) is 5.91 Å². The van der Waals surface area contributed by atoms with Gasteiger partial charge in [-0.3, -0.25) is 14.6 Å². The minimum Gasteiger partial charge on any atom is -0.482 e. The van der Waals surface area contributed by atoms with Gasteiger partial charge in [0.25, 0.3) is 5.91 Å². The second kappa shape index (κ2) is 7.34. The van der Waals surface area contributed by atoms with E-state index in [1.165, 1.54) is 0 Å². The number of amides is 2. The summed E-state index contributed by atoms with van der Waals surface area (Å²) in [6, 6.07) is 9.44. The van der Waals surface area contributed by atoms with E-state index in [4.69, 9.17) is 4.74 Å². The number of hydrogen-bond donors (Lipinski definition) is 0. The third-order valence-electron chi connectivity index (χ3n) is 4.38. The summed E-state index contributed by atoms with van der Waals surface area (Å²) in [5.74, 6) is 0.620. The quantitative estimate of drug-likeness (QED) is 0.831. The Labute approximate surface area is 147 Å². The highest BCUT2D eigenvalue weighted by Crippen LogP contribution is 2.32. The van der Waals surface area contributed by atoms with Gasteiger partial charge in [0.1, 0.15) is 5.75 Å². The van der Waals surface area contributed by atoms with Crippen LogP contribution in [0.5, 0.6) is 5.75 Å². The number of aromatic nitrogens is 1. The van der Waals surface area contributed by atoms with Crippen LogP contribution in [0.1, 0.15) is 11.1 Å². The van der Waals surface area contributed by atoms with Gasteiger partial charge in [-0.05, 0) is 41.8 Å². The number of ether oxygens (including phenoxy) is 1. The molecule has 3 rings (SSSR count). The summed E-state index contributed by atoms with van der Waals surface area (Å²) >= 11 is 0. The molecular weight excluding hydrogens is 318 g/mol. The number of hydrogen-bond acceptors (Lipinski definition) is 4. The molecule has 1 aliphatic heterocycles. The maximum atomic E-state index is 12.4. The van der Waals surface area contributed by atoms with Crippen LogP contribution in [0.4, 0.5) is 5.69 Å². The number of fused-ring (bicyclic) bond motifs is 1. The van der Waals surface area contributed by atoms with Crippen molar-refractivity contribution in [3.63, 3.8) is 0 Å². The molecular formula is C19H21N3O3.